The van der Waals surface area contributed by atoms with Gasteiger partial charge in [0.15, 0.2) is 18.4 Å². The Hall–Kier alpha value is -5.69. The molecule has 0 N–H and O–H groups in total. The van der Waals surface area contributed by atoms with Crippen molar-refractivity contribution in [2.75, 3.05) is 6.61 Å². The number of ether oxygens (including phenoxy) is 4. The summed E-state index contributed by atoms with van der Waals surface area (Å²) in [5.41, 5.74) is -2.10. The normalized spacial score (nSPS) is 18.8. The number of benzene rings is 3. The summed E-state index contributed by atoms with van der Waals surface area (Å²) < 4.78 is 38.9. The average Bonchev–Trinajstić information content (AvgIpc) is 3.40. The molecule has 5 rings (SSSR count). The third-order valence-electron chi connectivity index (χ3n) is 6.99. The van der Waals surface area contributed by atoms with Crippen LogP contribution in [0.3, 0.4) is 0 Å². The molecule has 4 aromatic rings. The van der Waals surface area contributed by atoms with Gasteiger partial charge in [0.05, 0.1) is 29.4 Å². The lowest BCUT2D eigenvalue weighted by Crippen LogP contribution is -2.47. The Balaban J connectivity index is 1.57. The predicted octanol–water partition coefficient (Wildman–Crippen LogP) is 2.94. The van der Waals surface area contributed by atoms with Gasteiger partial charge in [0.2, 0.25) is 5.82 Å². The number of hydrogen-bond donors (Lipinski definition) is 0. The van der Waals surface area contributed by atoms with Gasteiger partial charge in [0.25, 0.3) is 5.56 Å². The number of esters is 3. The smallest absolute Gasteiger partial charge is 0.338 e. The van der Waals surface area contributed by atoms with E-state index in [1.54, 1.807) is 54.6 Å². The van der Waals surface area contributed by atoms with Gasteiger partial charge in [-0.05, 0) is 43.3 Å². The summed E-state index contributed by atoms with van der Waals surface area (Å²) in [4.78, 5) is 77.1. The molecule has 2 heterocycles. The molecule has 1 saturated heterocycles. The molecular weight excluding hydrogens is 603 g/mol. The molecule has 0 aliphatic carbocycles. The molecule has 0 spiro atoms. The minimum absolute atomic E-state index is 0.0911. The average molecular weight is 631 g/mol. The molecule has 12 nitrogen and oxygen atoms in total. The van der Waals surface area contributed by atoms with E-state index in [0.29, 0.717) is 15.3 Å². The van der Waals surface area contributed by atoms with Gasteiger partial charge < -0.3 is 18.9 Å². The van der Waals surface area contributed by atoms with E-state index in [9.17, 15) is 33.2 Å². The molecule has 0 unspecified atom stereocenters. The van der Waals surface area contributed by atoms with Crippen LogP contribution in [-0.4, -0.2) is 57.7 Å². The van der Waals surface area contributed by atoms with Gasteiger partial charge >= 0.3 is 23.6 Å². The monoisotopic (exact) mass is 630 g/mol. The SMILES string of the molecule is CC(=O)Cn1c(=O)c(F)cn([C@@H]2O[C@H](COC(=O)c3ccccc3)[C@@H](OC(=O)c3ccccc3)[C@H]2OC(=O)c2ccccc2)c1=O. The molecule has 13 heteroatoms. The standard InChI is InChI=1S/C33H27FN2O10/c1-20(37)17-35-28(38)24(34)18-36(33(35)42)29-27(46-32(41)23-15-9-4-10-16-23)26(45-31(40)22-13-7-3-8-14-22)25(44-29)19-43-30(39)21-11-5-2-6-12-21/h2-16,18,25-27,29H,17,19H2,1H3/t25-,26-,27-,29-/m1/s1. The molecule has 1 aliphatic heterocycles. The lowest BCUT2D eigenvalue weighted by molar-refractivity contribution is -0.117. The number of aromatic nitrogens is 2. The highest BCUT2D eigenvalue weighted by molar-refractivity contribution is 5.91. The fraction of sp³-hybridized carbons (Fsp3) is 0.212. The highest BCUT2D eigenvalue weighted by Crippen LogP contribution is 2.35. The van der Waals surface area contributed by atoms with Crippen molar-refractivity contribution >= 4 is 23.7 Å². The summed E-state index contributed by atoms with van der Waals surface area (Å²) in [6.45, 7) is -0.199. The first-order valence-corrected chi connectivity index (χ1v) is 14.0. The molecule has 4 atom stereocenters. The van der Waals surface area contributed by atoms with Gasteiger partial charge in [-0.25, -0.2) is 19.2 Å². The van der Waals surface area contributed by atoms with Gasteiger partial charge in [0, 0.05) is 0 Å². The largest absolute Gasteiger partial charge is 0.459 e. The fourth-order valence-corrected chi connectivity index (χ4v) is 4.81. The Morgan fingerprint density at radius 3 is 1.72 bits per heavy atom. The number of ketones is 1. The first-order valence-electron chi connectivity index (χ1n) is 14.0. The third kappa shape index (κ3) is 7.00. The first-order chi connectivity index (χ1) is 22.1. The van der Waals surface area contributed by atoms with E-state index >= 15 is 0 Å². The number of hydrogen-bond acceptors (Lipinski definition) is 10. The van der Waals surface area contributed by atoms with E-state index in [1.165, 1.54) is 36.4 Å². The number of carbonyl (C=O) groups excluding carboxylic acids is 4. The van der Waals surface area contributed by atoms with Crippen LogP contribution < -0.4 is 11.2 Å². The van der Waals surface area contributed by atoms with E-state index in [1.807, 2.05) is 0 Å². The highest BCUT2D eigenvalue weighted by atomic mass is 19.1. The molecule has 0 amide bonds. The van der Waals surface area contributed by atoms with E-state index in [4.69, 9.17) is 18.9 Å². The van der Waals surface area contributed by atoms with Crippen LogP contribution in [0.25, 0.3) is 0 Å². The van der Waals surface area contributed by atoms with E-state index in [0.717, 1.165) is 6.92 Å². The number of Topliss-reactive ketones (excluding diaryl/α,β-unsaturated/α-hetero) is 1. The quantitative estimate of drug-likeness (QED) is 0.189. The Kier molecular flexibility index (Phi) is 9.62. The zero-order valence-electron chi connectivity index (χ0n) is 24.3. The summed E-state index contributed by atoms with van der Waals surface area (Å²) in [6.07, 6.45) is -5.67. The van der Waals surface area contributed by atoms with Crippen LogP contribution in [0.4, 0.5) is 4.39 Å². The predicted molar refractivity (Wildman–Crippen MR) is 158 cm³/mol. The van der Waals surface area contributed by atoms with Crippen molar-refractivity contribution in [3.05, 3.63) is 141 Å². The molecular formula is C33H27FN2O10. The van der Waals surface area contributed by atoms with Crippen LogP contribution >= 0.6 is 0 Å². The third-order valence-corrected chi connectivity index (χ3v) is 6.99. The van der Waals surface area contributed by atoms with Gasteiger partial charge in [0.1, 0.15) is 18.5 Å². The summed E-state index contributed by atoms with van der Waals surface area (Å²) in [5, 5.41) is 0. The maximum absolute atomic E-state index is 14.9. The molecule has 0 radical (unpaired) electrons. The van der Waals surface area contributed by atoms with E-state index < -0.39 is 78.4 Å². The topological polar surface area (TPSA) is 149 Å². The summed E-state index contributed by atoms with van der Waals surface area (Å²) >= 11 is 0. The van der Waals surface area contributed by atoms with E-state index in [2.05, 4.69) is 0 Å². The van der Waals surface area contributed by atoms with Crippen molar-refractivity contribution < 1.29 is 42.5 Å². The molecule has 0 saturated carbocycles. The summed E-state index contributed by atoms with van der Waals surface area (Å²) in [5.74, 6) is -4.55. The minimum Gasteiger partial charge on any atom is -0.459 e. The number of halogens is 1. The Morgan fingerprint density at radius 2 is 1.22 bits per heavy atom. The zero-order chi connectivity index (χ0) is 32.8. The molecule has 1 fully saturated rings. The molecule has 1 aliphatic rings. The maximum Gasteiger partial charge on any atom is 0.338 e. The van der Waals surface area contributed by atoms with Gasteiger partial charge in [-0.3, -0.25) is 18.7 Å². The van der Waals surface area contributed by atoms with Crippen molar-refractivity contribution in [1.82, 2.24) is 9.13 Å². The van der Waals surface area contributed by atoms with Crippen molar-refractivity contribution in [3.8, 4) is 0 Å². The first kappa shape index (κ1) is 31.7. The van der Waals surface area contributed by atoms with Crippen molar-refractivity contribution in [2.45, 2.75) is 38.0 Å². The van der Waals surface area contributed by atoms with Crippen LogP contribution in [-0.2, 0) is 30.3 Å². The molecule has 236 valence electrons. The van der Waals surface area contributed by atoms with Crippen LogP contribution in [0.2, 0.25) is 0 Å². The van der Waals surface area contributed by atoms with Gasteiger partial charge in [-0.15, -0.1) is 0 Å². The number of rotatable bonds is 10. The highest BCUT2D eigenvalue weighted by Gasteiger charge is 2.52. The van der Waals surface area contributed by atoms with Crippen LogP contribution in [0, 0.1) is 5.82 Å². The second-order valence-electron chi connectivity index (χ2n) is 10.3. The van der Waals surface area contributed by atoms with Crippen LogP contribution in [0.1, 0.15) is 44.2 Å². The van der Waals surface area contributed by atoms with Gasteiger partial charge in [-0.1, -0.05) is 54.6 Å². The van der Waals surface area contributed by atoms with Crippen molar-refractivity contribution in [3.63, 3.8) is 0 Å². The molecule has 0 bridgehead atoms. The summed E-state index contributed by atoms with van der Waals surface area (Å²) in [6, 6.07) is 23.5. The molecule has 1 aromatic heterocycles. The fourth-order valence-electron chi connectivity index (χ4n) is 4.81. The van der Waals surface area contributed by atoms with Crippen molar-refractivity contribution in [2.24, 2.45) is 0 Å². The Labute approximate surface area is 260 Å². The van der Waals surface area contributed by atoms with E-state index in [-0.39, 0.29) is 16.7 Å². The summed E-state index contributed by atoms with van der Waals surface area (Å²) in [7, 11) is 0. The number of nitrogens with zero attached hydrogens (tertiary/aromatic N) is 2. The van der Waals surface area contributed by atoms with Crippen LogP contribution in [0.5, 0.6) is 0 Å². The lowest BCUT2D eigenvalue weighted by atomic mass is 10.1. The maximum atomic E-state index is 14.9. The second-order valence-corrected chi connectivity index (χ2v) is 10.3. The lowest BCUT2D eigenvalue weighted by Gasteiger charge is -2.25. The second kappa shape index (κ2) is 13.9. The Morgan fingerprint density at radius 1 is 0.739 bits per heavy atom. The molecule has 3 aromatic carbocycles. The van der Waals surface area contributed by atoms with Crippen LogP contribution in [0.15, 0.2) is 107 Å². The minimum atomic E-state index is -1.71. The molecule has 46 heavy (non-hydrogen) atoms. The number of carbonyl (C=O) groups is 4. The Bertz CT molecular complexity index is 1860. The van der Waals surface area contributed by atoms with Crippen molar-refractivity contribution in [1.29, 1.82) is 0 Å². The van der Waals surface area contributed by atoms with Gasteiger partial charge in [-0.2, -0.15) is 4.39 Å². The zero-order valence-corrected chi connectivity index (χ0v) is 24.3.